The number of nitrogens with one attached hydrogen (secondary N) is 2. The Kier molecular flexibility index (Phi) is 20.5. The van der Waals surface area contributed by atoms with Crippen molar-refractivity contribution >= 4 is 75.1 Å². The van der Waals surface area contributed by atoms with Crippen molar-refractivity contribution in [2.75, 3.05) is 44.9 Å². The number of fused-ring (bicyclic) bond motifs is 2. The molecule has 0 aliphatic carbocycles. The number of ether oxygens (including phenoxy) is 3. The van der Waals surface area contributed by atoms with Crippen molar-refractivity contribution in [3.8, 4) is 11.5 Å². The number of imidazole rings is 1. The lowest BCUT2D eigenvalue weighted by molar-refractivity contribution is -0.347. The lowest BCUT2D eigenvalue weighted by Gasteiger charge is -2.36. The Morgan fingerprint density at radius 3 is 2.43 bits per heavy atom. The maximum absolute atomic E-state index is 12.8. The fourth-order valence-corrected chi connectivity index (χ4v) is 11.1. The molecule has 9 atom stereocenters. The highest BCUT2D eigenvalue weighted by Gasteiger charge is 2.47. The molecule has 0 radical (unpaired) electrons. The molecule has 1 fully saturated rings. The summed E-state index contributed by atoms with van der Waals surface area (Å²) < 4.78 is 71.5. The predicted molar refractivity (Wildman–Crippen MR) is 249 cm³/mol. The number of phosphoric acid groups is 3. The molecule has 74 heavy (non-hydrogen) atoms. The number of phenols is 1. The van der Waals surface area contributed by atoms with Crippen molar-refractivity contribution in [2.45, 2.75) is 104 Å². The van der Waals surface area contributed by atoms with Crippen molar-refractivity contribution < 1.29 is 105 Å². The molecule has 33 heteroatoms. The first-order chi connectivity index (χ1) is 34.5. The Morgan fingerprint density at radius 2 is 1.76 bits per heavy atom. The second-order valence-corrected chi connectivity index (χ2v) is 22.9. The zero-order chi connectivity index (χ0) is 55.1. The van der Waals surface area contributed by atoms with E-state index in [0.717, 1.165) is 34.6 Å². The minimum absolute atomic E-state index is 0.0281. The van der Waals surface area contributed by atoms with Gasteiger partial charge in [-0.1, -0.05) is 44.2 Å². The predicted octanol–water partition coefficient (Wildman–Crippen LogP) is -1.20. The van der Waals surface area contributed by atoms with E-state index >= 15 is 0 Å². The number of carbonyl (C=O) groups is 4. The van der Waals surface area contributed by atoms with E-state index < -0.39 is 103 Å². The molecule has 0 bridgehead atoms. The van der Waals surface area contributed by atoms with Gasteiger partial charge in [0.15, 0.2) is 22.8 Å². The molecule has 0 saturated carbocycles. The number of aliphatic hydroxyl groups excluding tert-OH is 3. The number of phosphoric ester groups is 3. The smallest absolute Gasteiger partial charge is 0.342 e. The van der Waals surface area contributed by atoms with Crippen molar-refractivity contribution in [1.29, 1.82) is 0 Å². The third kappa shape index (κ3) is 15.6. The summed E-state index contributed by atoms with van der Waals surface area (Å²) in [7, 11) is -16.3. The molecule has 1 aromatic carbocycles. The van der Waals surface area contributed by atoms with Crippen LogP contribution >= 0.6 is 35.2 Å². The van der Waals surface area contributed by atoms with Gasteiger partial charge in [-0.3, -0.25) is 28.1 Å². The minimum atomic E-state index is -5.96. The number of methoxy groups -OCH3 is 1. The van der Waals surface area contributed by atoms with Gasteiger partial charge in [-0.25, -0.2) is 24.1 Å². The van der Waals surface area contributed by atoms with E-state index in [1.165, 1.54) is 21.0 Å². The molecule has 2 amide bonds. The van der Waals surface area contributed by atoms with Gasteiger partial charge in [-0.05, 0) is 38.7 Å². The van der Waals surface area contributed by atoms with Crippen LogP contribution in [0.4, 0.5) is 5.82 Å². The van der Waals surface area contributed by atoms with E-state index in [9.17, 15) is 72.9 Å². The van der Waals surface area contributed by atoms with E-state index in [0.29, 0.717) is 28.9 Å². The van der Waals surface area contributed by atoms with Crippen LogP contribution in [0.25, 0.3) is 11.2 Å². The number of aromatic hydroxyl groups is 1. The number of phenolic OH excluding ortho intramolecular Hbond substituents is 1. The second kappa shape index (κ2) is 25.1. The van der Waals surface area contributed by atoms with Crippen LogP contribution in [0, 0.1) is 18.3 Å². The van der Waals surface area contributed by atoms with Crippen LogP contribution in [0.1, 0.15) is 80.2 Å². The molecule has 3 aromatic rings. The topological polar surface area (TPSA) is 451 Å². The number of carbonyl (C=O) groups excluding carboxylic acids is 4. The Morgan fingerprint density at radius 1 is 1.07 bits per heavy atom. The number of rotatable bonds is 27. The standard InChI is InChI=1S/C41H60N7O22P3S/c1-20(7-9-23-30(51)28-24(15-65-39(28)55)21(2)32(23)64-6)8-10-25(49)22(3)40(56)74-14-13-43-27(50)11-12-44-37(54)34(53)41(4,5)17-67-73(62,63)70-72(60,61)66-16-26-33(69-71(57,58)59)31(52)38(68-26)48-19-47-29-35(42)45-18-46-36(29)48/h7,18-19,22,25-26,31,33-34,38,49,51-53H,8-17H2,1-6H3,(H,43,50)(H,44,54)(H,60,61)(H,62,63)(H2,42,45,46)(H2,57,58,59)/p-4/b20-7+/t22?,25-,26-,31-,33-,34+,38-/m1/s1. The van der Waals surface area contributed by atoms with E-state index in [4.69, 9.17) is 19.9 Å². The number of cyclic esters (lactones) is 1. The van der Waals surface area contributed by atoms with Crippen LogP contribution < -0.4 is 40.7 Å². The van der Waals surface area contributed by atoms with Gasteiger partial charge in [0, 0.05) is 41.8 Å². The summed E-state index contributed by atoms with van der Waals surface area (Å²) in [6.07, 6.45) is -6.09. The lowest BCUT2D eigenvalue weighted by atomic mass is 9.87. The third-order valence-corrected chi connectivity index (χ3v) is 15.9. The Hall–Kier alpha value is -4.45. The van der Waals surface area contributed by atoms with Crippen LogP contribution in [0.3, 0.4) is 0 Å². The number of anilines is 1. The average molecular weight is 1120 g/mol. The molecule has 8 N–H and O–H groups in total. The zero-order valence-corrected chi connectivity index (χ0v) is 44.1. The van der Waals surface area contributed by atoms with E-state index in [1.807, 2.05) is 13.0 Å². The summed E-state index contributed by atoms with van der Waals surface area (Å²) in [6, 6.07) is 0. The number of allylic oxidation sites excluding steroid dienone is 2. The molecule has 412 valence electrons. The van der Waals surface area contributed by atoms with Crippen LogP contribution in [-0.2, 0) is 68.5 Å². The zero-order valence-electron chi connectivity index (χ0n) is 40.6. The summed E-state index contributed by atoms with van der Waals surface area (Å²) in [5.74, 6) is -2.66. The van der Waals surface area contributed by atoms with Gasteiger partial charge >= 0.3 is 5.97 Å². The summed E-state index contributed by atoms with van der Waals surface area (Å²) >= 11 is 0.900. The van der Waals surface area contributed by atoms with Crippen molar-refractivity contribution in [3.05, 3.63) is 46.6 Å². The fraction of sp³-hybridized carbons (Fsp3) is 0.585. The summed E-state index contributed by atoms with van der Waals surface area (Å²) in [4.78, 5) is 110. The number of esters is 1. The number of benzene rings is 1. The van der Waals surface area contributed by atoms with E-state index in [2.05, 4.69) is 43.5 Å². The maximum Gasteiger partial charge on any atom is 0.342 e. The first kappa shape index (κ1) is 60.4. The van der Waals surface area contributed by atoms with Crippen molar-refractivity contribution in [3.63, 3.8) is 0 Å². The van der Waals surface area contributed by atoms with Crippen LogP contribution in [0.2, 0.25) is 0 Å². The van der Waals surface area contributed by atoms with Gasteiger partial charge < -0.3 is 88.7 Å². The first-order valence-electron chi connectivity index (χ1n) is 22.4. The number of aliphatic hydroxyl groups is 3. The minimum Gasteiger partial charge on any atom is -0.790 e. The molecule has 2 aromatic heterocycles. The summed E-state index contributed by atoms with van der Waals surface area (Å²) in [6.45, 7) is 4.99. The fourth-order valence-electron chi connectivity index (χ4n) is 7.58. The molecule has 29 nitrogen and oxygen atoms in total. The number of hydrogen-bond acceptors (Lipinski definition) is 27. The Labute approximate surface area is 427 Å². The number of hydrogen-bond donors (Lipinski definition) is 7. The van der Waals surface area contributed by atoms with Gasteiger partial charge in [0.1, 0.15) is 59.9 Å². The van der Waals surface area contributed by atoms with E-state index in [-0.39, 0.29) is 78.1 Å². The summed E-state index contributed by atoms with van der Waals surface area (Å²) in [5.41, 5.74) is 6.67. The van der Waals surface area contributed by atoms with E-state index in [1.54, 1.807) is 13.8 Å². The Balaban J connectivity index is 0.988. The molecular formula is C41H56N7O22P3S-4. The van der Waals surface area contributed by atoms with Crippen molar-refractivity contribution in [2.24, 2.45) is 11.3 Å². The normalized spacial score (nSPS) is 21.0. The number of nitrogens with zero attached hydrogens (tertiary/aromatic N) is 4. The lowest BCUT2D eigenvalue weighted by Crippen LogP contribution is -2.46. The van der Waals surface area contributed by atoms with Crippen LogP contribution in [-0.4, -0.2) is 133 Å². The molecule has 3 unspecified atom stereocenters. The number of nitrogen functional groups attached to an aromatic ring is 1. The number of aromatic nitrogens is 4. The number of thioether (sulfide) groups is 1. The van der Waals surface area contributed by atoms with Gasteiger partial charge in [-0.15, -0.1) is 0 Å². The molecule has 2 aliphatic heterocycles. The molecule has 1 saturated heterocycles. The highest BCUT2D eigenvalue weighted by molar-refractivity contribution is 8.13. The third-order valence-electron chi connectivity index (χ3n) is 11.8. The second-order valence-electron chi connectivity index (χ2n) is 17.7. The Bertz CT molecular complexity index is 2740. The van der Waals surface area contributed by atoms with Gasteiger partial charge in [0.25, 0.3) is 15.6 Å². The molecule has 5 rings (SSSR count). The van der Waals surface area contributed by atoms with Crippen LogP contribution in [0.5, 0.6) is 11.5 Å². The highest BCUT2D eigenvalue weighted by Crippen LogP contribution is 2.56. The average Bonchev–Trinajstić information content (AvgIpc) is 4.02. The van der Waals surface area contributed by atoms with Gasteiger partial charge in [0.2, 0.25) is 11.8 Å². The largest absolute Gasteiger partial charge is 0.790 e. The first-order valence-corrected chi connectivity index (χ1v) is 27.7. The quantitative estimate of drug-likeness (QED) is 0.0204. The summed E-state index contributed by atoms with van der Waals surface area (Å²) in [5, 5.41) is 47.7. The van der Waals surface area contributed by atoms with Crippen LogP contribution in [0.15, 0.2) is 24.3 Å². The number of nitrogens with two attached hydrogens (primary N) is 1. The molecule has 2 aliphatic rings. The van der Waals surface area contributed by atoms with Crippen molar-refractivity contribution in [1.82, 2.24) is 30.2 Å². The van der Waals surface area contributed by atoms with Gasteiger partial charge in [-0.2, -0.15) is 0 Å². The molecule has 0 spiro atoms. The highest BCUT2D eigenvalue weighted by atomic mass is 32.2. The van der Waals surface area contributed by atoms with Gasteiger partial charge in [0.05, 0.1) is 46.5 Å². The SMILES string of the molecule is COc1c(C)c2c(c(O)c1C/C=C(\C)CC[C@@H](O)C(C)C(=O)SCCNC(=O)CCNC(=O)[C@H](O)C(C)(C)COP(=O)([O-])OP(=O)([O-])OC[C@H]1O[C@@H](n3cnc4c(N)ncnc43)[C@H](O)[C@@H]1OP(=O)([O-])[O-])C(=O)OC2. The number of amides is 2. The molecular weight excluding hydrogens is 1070 g/mol. The monoisotopic (exact) mass is 1120 g/mol. The molecule has 4 heterocycles. The maximum atomic E-state index is 12.8.